The zero-order valence-corrected chi connectivity index (χ0v) is 14.5. The van der Waals surface area contributed by atoms with Crippen LogP contribution in [0.1, 0.15) is 23.0 Å². The van der Waals surface area contributed by atoms with E-state index >= 15 is 0 Å². The Bertz CT molecular complexity index is 789. The molecule has 1 aliphatic carbocycles. The van der Waals surface area contributed by atoms with Gasteiger partial charge in [0.1, 0.15) is 0 Å². The van der Waals surface area contributed by atoms with E-state index in [4.69, 9.17) is 0 Å². The van der Waals surface area contributed by atoms with E-state index in [9.17, 15) is 9.59 Å². The van der Waals surface area contributed by atoms with Gasteiger partial charge in [0.05, 0.1) is 11.8 Å². The van der Waals surface area contributed by atoms with Crippen molar-refractivity contribution in [3.63, 3.8) is 0 Å². The Hall–Kier alpha value is -2.94. The zero-order valence-electron chi connectivity index (χ0n) is 14.5. The minimum Gasteiger partial charge on any atom is -0.278 e. The number of allylic oxidation sites excluding steroid dienone is 2. The minimum atomic E-state index is -0.361. The Balaban J connectivity index is 1.81. The summed E-state index contributed by atoms with van der Waals surface area (Å²) < 4.78 is 0. The molecule has 0 radical (unpaired) electrons. The van der Waals surface area contributed by atoms with Gasteiger partial charge in [-0.25, -0.2) is 0 Å². The number of hydrogen-bond acceptors (Lipinski definition) is 2. The molecule has 130 valence electrons. The van der Waals surface area contributed by atoms with E-state index in [1.54, 1.807) is 6.08 Å². The molecule has 4 atom stereocenters. The lowest BCUT2D eigenvalue weighted by Crippen LogP contribution is -2.31. The number of hydrogen-bond donors (Lipinski definition) is 0. The summed E-state index contributed by atoms with van der Waals surface area (Å²) in [5.74, 6) is -1.04. The fourth-order valence-electron chi connectivity index (χ4n) is 4.30. The molecule has 0 aromatic heterocycles. The first-order chi connectivity index (χ1) is 12.7. The Morgan fingerprint density at radius 1 is 0.769 bits per heavy atom. The maximum atomic E-state index is 13.1. The molecule has 2 amide bonds. The van der Waals surface area contributed by atoms with Crippen molar-refractivity contribution in [1.82, 2.24) is 4.90 Å². The first-order valence-corrected chi connectivity index (χ1v) is 8.96. The zero-order chi connectivity index (χ0) is 18.1. The van der Waals surface area contributed by atoms with E-state index in [2.05, 4.69) is 18.7 Å². The second kappa shape index (κ2) is 6.75. The molecule has 1 fully saturated rings. The average Bonchev–Trinajstić information content (AvgIpc) is 2.95. The van der Waals surface area contributed by atoms with E-state index in [1.165, 1.54) is 4.90 Å². The molecule has 3 nitrogen and oxygen atoms in total. The van der Waals surface area contributed by atoms with Crippen molar-refractivity contribution >= 4 is 11.8 Å². The maximum absolute atomic E-state index is 13.1. The third-order valence-electron chi connectivity index (χ3n) is 5.47. The molecule has 2 aromatic rings. The summed E-state index contributed by atoms with van der Waals surface area (Å²) in [6, 6.07) is 20.0. The van der Waals surface area contributed by atoms with Gasteiger partial charge in [-0.2, -0.15) is 0 Å². The highest BCUT2D eigenvalue weighted by molar-refractivity contribution is 6.06. The van der Waals surface area contributed by atoms with E-state index in [-0.39, 0.29) is 42.0 Å². The van der Waals surface area contributed by atoms with Crippen LogP contribution in [0.4, 0.5) is 0 Å². The van der Waals surface area contributed by atoms with E-state index < -0.39 is 0 Å². The summed E-state index contributed by atoms with van der Waals surface area (Å²) in [7, 11) is 0. The van der Waals surface area contributed by atoms with Crippen LogP contribution in [-0.4, -0.2) is 23.3 Å². The van der Waals surface area contributed by atoms with Crippen LogP contribution in [0.25, 0.3) is 0 Å². The lowest BCUT2D eigenvalue weighted by atomic mass is 9.68. The number of amides is 2. The van der Waals surface area contributed by atoms with Gasteiger partial charge in [0.25, 0.3) is 0 Å². The number of carbonyl (C=O) groups is 2. The first-order valence-electron chi connectivity index (χ1n) is 8.96. The van der Waals surface area contributed by atoms with Crippen LogP contribution in [0.15, 0.2) is 85.5 Å². The molecule has 2 aliphatic rings. The Labute approximate surface area is 153 Å². The highest BCUT2D eigenvalue weighted by Gasteiger charge is 2.54. The smallest absolute Gasteiger partial charge is 0.234 e. The highest BCUT2D eigenvalue weighted by atomic mass is 16.2. The van der Waals surface area contributed by atoms with Crippen molar-refractivity contribution in [3.05, 3.63) is 96.6 Å². The Kier molecular flexibility index (Phi) is 4.29. The van der Waals surface area contributed by atoms with Gasteiger partial charge in [0, 0.05) is 18.4 Å². The van der Waals surface area contributed by atoms with Gasteiger partial charge >= 0.3 is 0 Å². The van der Waals surface area contributed by atoms with Crippen molar-refractivity contribution < 1.29 is 9.59 Å². The van der Waals surface area contributed by atoms with Crippen molar-refractivity contribution in [2.24, 2.45) is 11.8 Å². The van der Waals surface area contributed by atoms with Crippen LogP contribution in [0.5, 0.6) is 0 Å². The molecule has 0 saturated carbocycles. The van der Waals surface area contributed by atoms with E-state index in [0.717, 1.165) is 11.1 Å². The summed E-state index contributed by atoms with van der Waals surface area (Å²) in [4.78, 5) is 27.6. The number of rotatable bonds is 4. The van der Waals surface area contributed by atoms with Gasteiger partial charge in [0.2, 0.25) is 11.8 Å². The molecule has 4 rings (SSSR count). The van der Waals surface area contributed by atoms with Crippen molar-refractivity contribution in [3.8, 4) is 0 Å². The van der Waals surface area contributed by atoms with Crippen LogP contribution in [0.3, 0.4) is 0 Å². The standard InChI is InChI=1S/C23H21NO2/c1-2-15-24-22(25)20-18(16-9-5-3-6-10-16)13-14-19(21(20)23(24)26)17-11-7-4-8-12-17/h2-14,18-21H,1,15H2/t18-,19+,20-,21+. The molecule has 0 unspecified atom stereocenters. The number of likely N-dealkylation sites (tertiary alicyclic amines) is 1. The third kappa shape index (κ3) is 2.60. The molecule has 26 heavy (non-hydrogen) atoms. The third-order valence-corrected chi connectivity index (χ3v) is 5.47. The highest BCUT2D eigenvalue weighted by Crippen LogP contribution is 2.49. The Morgan fingerprint density at radius 2 is 1.19 bits per heavy atom. The molecular weight excluding hydrogens is 322 g/mol. The van der Waals surface area contributed by atoms with Crippen LogP contribution in [0, 0.1) is 11.8 Å². The molecule has 3 heteroatoms. The summed E-state index contributed by atoms with van der Waals surface area (Å²) in [5.41, 5.74) is 2.15. The summed E-state index contributed by atoms with van der Waals surface area (Å²) >= 11 is 0. The maximum Gasteiger partial charge on any atom is 0.234 e. The van der Waals surface area contributed by atoms with Crippen LogP contribution in [-0.2, 0) is 9.59 Å². The molecule has 0 N–H and O–H groups in total. The topological polar surface area (TPSA) is 37.4 Å². The minimum absolute atomic E-state index is 0.0765. The SMILES string of the molecule is C=CCN1C(=O)[C@@H]2[C@H](C1=O)[C@@H](c1ccccc1)C=C[C@H]2c1ccccc1. The van der Waals surface area contributed by atoms with Crippen LogP contribution in [0.2, 0.25) is 0 Å². The van der Waals surface area contributed by atoms with Gasteiger partial charge in [-0.15, -0.1) is 6.58 Å². The van der Waals surface area contributed by atoms with Crippen molar-refractivity contribution in [2.45, 2.75) is 11.8 Å². The molecule has 0 bridgehead atoms. The Morgan fingerprint density at radius 3 is 1.58 bits per heavy atom. The van der Waals surface area contributed by atoms with Gasteiger partial charge < -0.3 is 0 Å². The summed E-state index contributed by atoms with van der Waals surface area (Å²) in [6.07, 6.45) is 5.84. The second-order valence-electron chi connectivity index (χ2n) is 6.89. The van der Waals surface area contributed by atoms with Gasteiger partial charge in [-0.05, 0) is 11.1 Å². The predicted octanol–water partition coefficient (Wildman–Crippen LogP) is 3.91. The number of carbonyl (C=O) groups excluding carboxylic acids is 2. The molecular formula is C23H21NO2. The molecule has 0 spiro atoms. The van der Waals surface area contributed by atoms with Gasteiger partial charge in [-0.3, -0.25) is 14.5 Å². The summed E-state index contributed by atoms with van der Waals surface area (Å²) in [6.45, 7) is 3.97. The van der Waals surface area contributed by atoms with Gasteiger partial charge in [-0.1, -0.05) is 78.9 Å². The lowest BCUT2D eigenvalue weighted by molar-refractivity contribution is -0.139. The lowest BCUT2D eigenvalue weighted by Gasteiger charge is -2.32. The van der Waals surface area contributed by atoms with E-state index in [1.807, 2.05) is 60.7 Å². The molecule has 1 heterocycles. The van der Waals surface area contributed by atoms with E-state index in [0.29, 0.717) is 0 Å². The average molecular weight is 343 g/mol. The fourth-order valence-corrected chi connectivity index (χ4v) is 4.30. The molecule has 1 aliphatic heterocycles. The van der Waals surface area contributed by atoms with Crippen molar-refractivity contribution in [1.29, 1.82) is 0 Å². The quantitative estimate of drug-likeness (QED) is 0.623. The largest absolute Gasteiger partial charge is 0.278 e. The number of imide groups is 1. The normalized spacial score (nSPS) is 27.5. The number of benzene rings is 2. The first kappa shape index (κ1) is 16.5. The van der Waals surface area contributed by atoms with Crippen LogP contribution < -0.4 is 0 Å². The summed E-state index contributed by atoms with van der Waals surface area (Å²) in [5, 5.41) is 0. The predicted molar refractivity (Wildman–Crippen MR) is 101 cm³/mol. The monoisotopic (exact) mass is 343 g/mol. The second-order valence-corrected chi connectivity index (χ2v) is 6.89. The number of nitrogens with zero attached hydrogens (tertiary/aromatic N) is 1. The molecule has 1 saturated heterocycles. The number of fused-ring (bicyclic) bond motifs is 1. The van der Waals surface area contributed by atoms with Crippen LogP contribution >= 0.6 is 0 Å². The molecule has 2 aromatic carbocycles. The van der Waals surface area contributed by atoms with Gasteiger partial charge in [0.15, 0.2) is 0 Å². The van der Waals surface area contributed by atoms with Crippen molar-refractivity contribution in [2.75, 3.05) is 6.54 Å². The fraction of sp³-hybridized carbons (Fsp3) is 0.217.